The molecule has 0 spiro atoms. The van der Waals surface area contributed by atoms with E-state index in [2.05, 4.69) is 4.90 Å². The van der Waals surface area contributed by atoms with Gasteiger partial charge in [-0.3, -0.25) is 9.69 Å². The van der Waals surface area contributed by atoms with Crippen LogP contribution < -0.4 is 0 Å². The zero-order chi connectivity index (χ0) is 14.1. The molecule has 1 aromatic rings. The maximum atomic E-state index is 12.3. The standard InChI is InChI=1S/C15H22N2O3/c1-11-5-6-14(20-11)15(19)17-9-7-16(8-10-17)12-3-2-4-13(12)18/h5-6,12-13,18H,2-4,7-10H2,1H3/t12-,13+/m0/s1. The zero-order valence-corrected chi connectivity index (χ0v) is 11.9. The lowest BCUT2D eigenvalue weighted by Gasteiger charge is -2.38. The van der Waals surface area contributed by atoms with Gasteiger partial charge in [0.05, 0.1) is 6.10 Å². The molecule has 1 N–H and O–H groups in total. The Kier molecular flexibility index (Phi) is 3.81. The van der Waals surface area contributed by atoms with E-state index in [1.807, 2.05) is 17.9 Å². The maximum Gasteiger partial charge on any atom is 0.289 e. The Labute approximate surface area is 119 Å². The molecule has 0 radical (unpaired) electrons. The van der Waals surface area contributed by atoms with Gasteiger partial charge in [-0.25, -0.2) is 0 Å². The number of nitrogens with zero attached hydrogens (tertiary/aromatic N) is 2. The Morgan fingerprint density at radius 3 is 2.55 bits per heavy atom. The van der Waals surface area contributed by atoms with Crippen molar-refractivity contribution in [2.24, 2.45) is 0 Å². The largest absolute Gasteiger partial charge is 0.456 e. The van der Waals surface area contributed by atoms with E-state index in [-0.39, 0.29) is 18.1 Å². The SMILES string of the molecule is Cc1ccc(C(=O)N2CCN([C@H]3CCC[C@H]3O)CC2)o1. The number of carbonyl (C=O) groups excluding carboxylic acids is 1. The van der Waals surface area contributed by atoms with Crippen LogP contribution in [0.1, 0.15) is 35.6 Å². The number of aliphatic hydroxyl groups is 1. The van der Waals surface area contributed by atoms with Crippen molar-refractivity contribution in [3.8, 4) is 0 Å². The summed E-state index contributed by atoms with van der Waals surface area (Å²) in [5.41, 5.74) is 0. The summed E-state index contributed by atoms with van der Waals surface area (Å²) in [5, 5.41) is 9.96. The Balaban J connectivity index is 1.57. The predicted molar refractivity (Wildman–Crippen MR) is 74.6 cm³/mol. The van der Waals surface area contributed by atoms with Crippen LogP contribution in [0.2, 0.25) is 0 Å². The predicted octanol–water partition coefficient (Wildman–Crippen LogP) is 1.26. The van der Waals surface area contributed by atoms with E-state index >= 15 is 0 Å². The number of rotatable bonds is 2. The molecule has 2 atom stereocenters. The topological polar surface area (TPSA) is 56.9 Å². The summed E-state index contributed by atoms with van der Waals surface area (Å²) < 4.78 is 5.40. The van der Waals surface area contributed by atoms with Gasteiger partial charge in [-0.2, -0.15) is 0 Å². The van der Waals surface area contributed by atoms with E-state index in [1.165, 1.54) is 0 Å². The highest BCUT2D eigenvalue weighted by molar-refractivity contribution is 5.91. The van der Waals surface area contributed by atoms with E-state index in [9.17, 15) is 9.90 Å². The van der Waals surface area contributed by atoms with E-state index in [0.29, 0.717) is 18.8 Å². The zero-order valence-electron chi connectivity index (χ0n) is 11.9. The third-order valence-electron chi connectivity index (χ3n) is 4.47. The molecule has 1 aliphatic heterocycles. The first-order valence-corrected chi connectivity index (χ1v) is 7.43. The Hall–Kier alpha value is -1.33. The molecular weight excluding hydrogens is 256 g/mol. The van der Waals surface area contributed by atoms with Gasteiger partial charge < -0.3 is 14.4 Å². The lowest BCUT2D eigenvalue weighted by molar-refractivity contribution is 0.0301. The van der Waals surface area contributed by atoms with Crippen LogP contribution in [0, 0.1) is 6.92 Å². The lowest BCUT2D eigenvalue weighted by atomic mass is 10.1. The summed E-state index contributed by atoms with van der Waals surface area (Å²) in [6.07, 6.45) is 2.91. The lowest BCUT2D eigenvalue weighted by Crippen LogP contribution is -2.53. The molecule has 1 aromatic heterocycles. The van der Waals surface area contributed by atoms with Crippen LogP contribution in [0.4, 0.5) is 0 Å². The highest BCUT2D eigenvalue weighted by Gasteiger charge is 2.33. The van der Waals surface area contributed by atoms with Crippen molar-refractivity contribution in [2.45, 2.75) is 38.3 Å². The fraction of sp³-hybridized carbons (Fsp3) is 0.667. The quantitative estimate of drug-likeness (QED) is 0.885. The van der Waals surface area contributed by atoms with Crippen molar-refractivity contribution in [1.82, 2.24) is 9.80 Å². The smallest absolute Gasteiger partial charge is 0.289 e. The van der Waals surface area contributed by atoms with Crippen molar-refractivity contribution in [2.75, 3.05) is 26.2 Å². The number of furan rings is 1. The van der Waals surface area contributed by atoms with Gasteiger partial charge in [0.1, 0.15) is 5.76 Å². The Morgan fingerprint density at radius 1 is 1.25 bits per heavy atom. The number of aliphatic hydroxyl groups excluding tert-OH is 1. The second-order valence-electron chi connectivity index (χ2n) is 5.80. The van der Waals surface area contributed by atoms with Gasteiger partial charge >= 0.3 is 0 Å². The number of aryl methyl sites for hydroxylation is 1. The van der Waals surface area contributed by atoms with Crippen molar-refractivity contribution >= 4 is 5.91 Å². The first-order valence-electron chi connectivity index (χ1n) is 7.43. The van der Waals surface area contributed by atoms with Crippen LogP contribution >= 0.6 is 0 Å². The molecule has 0 bridgehead atoms. The summed E-state index contributed by atoms with van der Waals surface area (Å²) in [7, 11) is 0. The Bertz CT molecular complexity index is 477. The third-order valence-corrected chi connectivity index (χ3v) is 4.47. The van der Waals surface area contributed by atoms with Crippen LogP contribution in [0.25, 0.3) is 0 Å². The molecule has 2 heterocycles. The average molecular weight is 278 g/mol. The fourth-order valence-corrected chi connectivity index (χ4v) is 3.31. The van der Waals surface area contributed by atoms with Crippen LogP contribution in [0.15, 0.2) is 16.5 Å². The second-order valence-corrected chi connectivity index (χ2v) is 5.80. The normalized spacial score (nSPS) is 28.0. The molecule has 0 aromatic carbocycles. The van der Waals surface area contributed by atoms with Crippen molar-refractivity contribution in [1.29, 1.82) is 0 Å². The minimum atomic E-state index is -0.190. The Morgan fingerprint density at radius 2 is 2.00 bits per heavy atom. The van der Waals surface area contributed by atoms with Crippen LogP contribution in [-0.2, 0) is 0 Å². The van der Waals surface area contributed by atoms with Gasteiger partial charge in [-0.05, 0) is 38.3 Å². The van der Waals surface area contributed by atoms with Crippen LogP contribution in [0.3, 0.4) is 0 Å². The molecule has 1 saturated heterocycles. The minimum absolute atomic E-state index is 0.0234. The van der Waals surface area contributed by atoms with Gasteiger partial charge in [0.15, 0.2) is 5.76 Å². The highest BCUT2D eigenvalue weighted by Crippen LogP contribution is 2.25. The summed E-state index contributed by atoms with van der Waals surface area (Å²) >= 11 is 0. The number of piperazine rings is 1. The number of hydrogen-bond acceptors (Lipinski definition) is 4. The molecule has 3 rings (SSSR count). The van der Waals surface area contributed by atoms with Gasteiger partial charge in [0.2, 0.25) is 0 Å². The summed E-state index contributed by atoms with van der Waals surface area (Å²) in [4.78, 5) is 16.4. The summed E-state index contributed by atoms with van der Waals surface area (Å²) in [6, 6.07) is 3.85. The molecule has 1 aliphatic carbocycles. The van der Waals surface area contributed by atoms with E-state index in [0.717, 1.165) is 38.1 Å². The highest BCUT2D eigenvalue weighted by atomic mass is 16.3. The average Bonchev–Trinajstić information content (AvgIpc) is 3.07. The van der Waals surface area contributed by atoms with Crippen LogP contribution in [0.5, 0.6) is 0 Å². The fourth-order valence-electron chi connectivity index (χ4n) is 3.31. The molecule has 20 heavy (non-hydrogen) atoms. The molecule has 110 valence electrons. The molecule has 5 heteroatoms. The van der Waals surface area contributed by atoms with Crippen molar-refractivity contribution in [3.05, 3.63) is 23.7 Å². The van der Waals surface area contributed by atoms with Crippen molar-refractivity contribution in [3.63, 3.8) is 0 Å². The molecule has 0 unspecified atom stereocenters. The van der Waals surface area contributed by atoms with Crippen molar-refractivity contribution < 1.29 is 14.3 Å². The second kappa shape index (κ2) is 5.58. The maximum absolute atomic E-state index is 12.3. The number of carbonyl (C=O) groups is 1. The van der Waals surface area contributed by atoms with Gasteiger partial charge in [-0.15, -0.1) is 0 Å². The summed E-state index contributed by atoms with van der Waals surface area (Å²) in [5.74, 6) is 1.17. The van der Waals surface area contributed by atoms with Gasteiger partial charge in [0.25, 0.3) is 5.91 Å². The molecule has 1 saturated carbocycles. The molecule has 2 fully saturated rings. The van der Waals surface area contributed by atoms with E-state index in [1.54, 1.807) is 6.07 Å². The number of amides is 1. The first-order chi connectivity index (χ1) is 9.65. The minimum Gasteiger partial charge on any atom is -0.456 e. The molecule has 2 aliphatic rings. The monoisotopic (exact) mass is 278 g/mol. The summed E-state index contributed by atoms with van der Waals surface area (Å²) in [6.45, 7) is 4.94. The first kappa shape index (κ1) is 13.6. The third kappa shape index (κ3) is 2.60. The molecular formula is C15H22N2O3. The molecule has 1 amide bonds. The van der Waals surface area contributed by atoms with Gasteiger partial charge in [0, 0.05) is 32.2 Å². The molecule has 5 nitrogen and oxygen atoms in total. The van der Waals surface area contributed by atoms with E-state index in [4.69, 9.17) is 4.42 Å². The van der Waals surface area contributed by atoms with Crippen LogP contribution in [-0.4, -0.2) is 59.1 Å². The number of hydrogen-bond donors (Lipinski definition) is 1. The van der Waals surface area contributed by atoms with Gasteiger partial charge in [-0.1, -0.05) is 0 Å². The van der Waals surface area contributed by atoms with E-state index < -0.39 is 0 Å².